The molecule has 0 radical (unpaired) electrons. The molecule has 0 amide bonds. The van der Waals surface area contributed by atoms with Gasteiger partial charge in [0.15, 0.2) is 0 Å². The number of nitrogens with one attached hydrogen (secondary N) is 1. The Bertz CT molecular complexity index is 289. The molecule has 0 aromatic heterocycles. The summed E-state index contributed by atoms with van der Waals surface area (Å²) in [6.45, 7) is 5.63. The topological polar surface area (TPSA) is 12.0 Å². The smallest absolute Gasteiger partial charge is 0.0348 e. The van der Waals surface area contributed by atoms with E-state index in [4.69, 9.17) is 0 Å². The highest BCUT2D eigenvalue weighted by Crippen LogP contribution is 2.42. The summed E-state index contributed by atoms with van der Waals surface area (Å²) in [6.07, 6.45) is 2.85. The fourth-order valence-corrected chi connectivity index (χ4v) is 2.38. The minimum atomic E-state index is 0.545. The van der Waals surface area contributed by atoms with E-state index in [9.17, 15) is 0 Å². The molecule has 0 heterocycles. The Kier molecular flexibility index (Phi) is 3.42. The van der Waals surface area contributed by atoms with Crippen molar-refractivity contribution in [1.29, 1.82) is 0 Å². The van der Waals surface area contributed by atoms with Gasteiger partial charge in [0, 0.05) is 6.04 Å². The van der Waals surface area contributed by atoms with Crippen molar-refractivity contribution in [1.82, 2.24) is 5.32 Å². The molecule has 1 saturated carbocycles. The standard InChI is InChI=1S/C14H21N/c1-3-15-14(11(2)12-9-10-12)13-7-5-4-6-8-13/h4-8,11-12,14-15H,3,9-10H2,1-2H3. The molecule has 1 nitrogen and oxygen atoms in total. The van der Waals surface area contributed by atoms with E-state index in [1.807, 2.05) is 0 Å². The molecule has 1 aromatic carbocycles. The quantitative estimate of drug-likeness (QED) is 0.773. The van der Waals surface area contributed by atoms with Gasteiger partial charge in [-0.15, -0.1) is 0 Å². The zero-order valence-electron chi connectivity index (χ0n) is 9.74. The highest BCUT2D eigenvalue weighted by Gasteiger charge is 2.33. The van der Waals surface area contributed by atoms with Gasteiger partial charge in [0.1, 0.15) is 0 Å². The van der Waals surface area contributed by atoms with Crippen LogP contribution in [0.4, 0.5) is 0 Å². The van der Waals surface area contributed by atoms with Crippen LogP contribution in [0.5, 0.6) is 0 Å². The van der Waals surface area contributed by atoms with Crippen molar-refractivity contribution in [2.75, 3.05) is 6.54 Å². The molecule has 0 spiro atoms. The number of hydrogen-bond donors (Lipinski definition) is 1. The molecular weight excluding hydrogens is 182 g/mol. The van der Waals surface area contributed by atoms with E-state index in [-0.39, 0.29) is 0 Å². The van der Waals surface area contributed by atoms with E-state index in [0.29, 0.717) is 6.04 Å². The average Bonchev–Trinajstić information content (AvgIpc) is 3.10. The fraction of sp³-hybridized carbons (Fsp3) is 0.571. The zero-order valence-corrected chi connectivity index (χ0v) is 9.74. The third kappa shape index (κ3) is 2.60. The first-order valence-corrected chi connectivity index (χ1v) is 6.11. The highest BCUT2D eigenvalue weighted by molar-refractivity contribution is 5.20. The van der Waals surface area contributed by atoms with Crippen LogP contribution in [-0.4, -0.2) is 6.54 Å². The maximum atomic E-state index is 3.62. The second-order valence-electron chi connectivity index (χ2n) is 4.64. The van der Waals surface area contributed by atoms with Gasteiger partial charge in [-0.25, -0.2) is 0 Å². The third-order valence-corrected chi connectivity index (χ3v) is 3.47. The number of hydrogen-bond acceptors (Lipinski definition) is 1. The van der Waals surface area contributed by atoms with E-state index in [2.05, 4.69) is 49.5 Å². The lowest BCUT2D eigenvalue weighted by molar-refractivity contribution is 0.355. The minimum Gasteiger partial charge on any atom is -0.310 e. The van der Waals surface area contributed by atoms with Crippen LogP contribution in [0.2, 0.25) is 0 Å². The van der Waals surface area contributed by atoms with Crippen LogP contribution < -0.4 is 5.32 Å². The molecule has 1 aliphatic rings. The molecule has 2 unspecified atom stereocenters. The minimum absolute atomic E-state index is 0.545. The summed E-state index contributed by atoms with van der Waals surface area (Å²) in [5.41, 5.74) is 1.44. The molecule has 0 saturated heterocycles. The van der Waals surface area contributed by atoms with Crippen LogP contribution in [0.15, 0.2) is 30.3 Å². The van der Waals surface area contributed by atoms with Crippen LogP contribution in [0.25, 0.3) is 0 Å². The first-order chi connectivity index (χ1) is 7.33. The van der Waals surface area contributed by atoms with E-state index in [1.54, 1.807) is 0 Å². The molecule has 1 N–H and O–H groups in total. The normalized spacial score (nSPS) is 19.9. The van der Waals surface area contributed by atoms with Crippen LogP contribution in [0.3, 0.4) is 0 Å². The molecule has 2 atom stereocenters. The average molecular weight is 203 g/mol. The Balaban J connectivity index is 2.11. The van der Waals surface area contributed by atoms with Crippen LogP contribution in [0.1, 0.15) is 38.3 Å². The monoisotopic (exact) mass is 203 g/mol. The van der Waals surface area contributed by atoms with Crippen LogP contribution in [0, 0.1) is 11.8 Å². The van der Waals surface area contributed by atoms with Crippen molar-refractivity contribution in [3.8, 4) is 0 Å². The SMILES string of the molecule is CCNC(c1ccccc1)C(C)C1CC1. The van der Waals surface area contributed by atoms with Gasteiger partial charge in [0.2, 0.25) is 0 Å². The Labute approximate surface area is 92.9 Å². The summed E-state index contributed by atoms with van der Waals surface area (Å²) in [4.78, 5) is 0. The summed E-state index contributed by atoms with van der Waals surface area (Å²) in [5, 5.41) is 3.62. The molecule has 0 bridgehead atoms. The molecule has 1 aliphatic carbocycles. The van der Waals surface area contributed by atoms with E-state index < -0.39 is 0 Å². The lowest BCUT2D eigenvalue weighted by atomic mass is 9.90. The van der Waals surface area contributed by atoms with Gasteiger partial charge in [-0.05, 0) is 36.8 Å². The highest BCUT2D eigenvalue weighted by atomic mass is 14.9. The Hall–Kier alpha value is -0.820. The van der Waals surface area contributed by atoms with Gasteiger partial charge < -0.3 is 5.32 Å². The first-order valence-electron chi connectivity index (χ1n) is 6.11. The molecule has 0 aliphatic heterocycles. The van der Waals surface area contributed by atoms with Crippen LogP contribution in [-0.2, 0) is 0 Å². The summed E-state index contributed by atoms with van der Waals surface area (Å²) in [6, 6.07) is 11.4. The van der Waals surface area contributed by atoms with E-state index >= 15 is 0 Å². The fourth-order valence-electron chi connectivity index (χ4n) is 2.38. The summed E-state index contributed by atoms with van der Waals surface area (Å²) < 4.78 is 0. The van der Waals surface area contributed by atoms with Crippen LogP contribution >= 0.6 is 0 Å². The van der Waals surface area contributed by atoms with Crippen molar-refractivity contribution in [2.45, 2.75) is 32.7 Å². The summed E-state index contributed by atoms with van der Waals surface area (Å²) >= 11 is 0. The molecule has 2 rings (SSSR count). The number of benzene rings is 1. The largest absolute Gasteiger partial charge is 0.310 e. The van der Waals surface area contributed by atoms with Crippen molar-refractivity contribution < 1.29 is 0 Å². The first kappa shape index (κ1) is 10.7. The maximum Gasteiger partial charge on any atom is 0.0348 e. The lowest BCUT2D eigenvalue weighted by Gasteiger charge is -2.25. The van der Waals surface area contributed by atoms with Gasteiger partial charge in [0.25, 0.3) is 0 Å². The zero-order chi connectivity index (χ0) is 10.7. The van der Waals surface area contributed by atoms with Crippen molar-refractivity contribution in [2.24, 2.45) is 11.8 Å². The second kappa shape index (κ2) is 4.80. The van der Waals surface area contributed by atoms with E-state index in [1.165, 1.54) is 18.4 Å². The molecule has 15 heavy (non-hydrogen) atoms. The third-order valence-electron chi connectivity index (χ3n) is 3.47. The summed E-state index contributed by atoms with van der Waals surface area (Å²) in [7, 11) is 0. The van der Waals surface area contributed by atoms with E-state index in [0.717, 1.165) is 18.4 Å². The molecule has 82 valence electrons. The van der Waals surface area contributed by atoms with Gasteiger partial charge in [-0.3, -0.25) is 0 Å². The molecule has 1 aromatic rings. The molecule has 1 fully saturated rings. The Morgan fingerprint density at radius 3 is 2.47 bits per heavy atom. The van der Waals surface area contributed by atoms with Gasteiger partial charge in [-0.2, -0.15) is 0 Å². The molecule has 1 heteroatoms. The lowest BCUT2D eigenvalue weighted by Crippen LogP contribution is -2.27. The Morgan fingerprint density at radius 2 is 1.93 bits per heavy atom. The maximum absolute atomic E-state index is 3.62. The van der Waals surface area contributed by atoms with Crippen molar-refractivity contribution in [3.63, 3.8) is 0 Å². The predicted molar refractivity (Wildman–Crippen MR) is 64.7 cm³/mol. The summed E-state index contributed by atoms with van der Waals surface area (Å²) in [5.74, 6) is 1.72. The van der Waals surface area contributed by atoms with Gasteiger partial charge >= 0.3 is 0 Å². The Morgan fingerprint density at radius 1 is 1.27 bits per heavy atom. The molecular formula is C14H21N. The van der Waals surface area contributed by atoms with Gasteiger partial charge in [0.05, 0.1) is 0 Å². The van der Waals surface area contributed by atoms with Crippen molar-refractivity contribution in [3.05, 3.63) is 35.9 Å². The van der Waals surface area contributed by atoms with Gasteiger partial charge in [-0.1, -0.05) is 44.2 Å². The predicted octanol–water partition coefficient (Wildman–Crippen LogP) is 3.38. The second-order valence-corrected chi connectivity index (χ2v) is 4.64. The van der Waals surface area contributed by atoms with Crippen molar-refractivity contribution >= 4 is 0 Å². The number of rotatable bonds is 5.